The Labute approximate surface area is 68.8 Å². The van der Waals surface area contributed by atoms with Crippen LogP contribution in [-0.4, -0.2) is 33.1 Å². The molecule has 0 unspecified atom stereocenters. The van der Waals surface area contributed by atoms with Crippen LogP contribution in [0.4, 0.5) is 4.39 Å². The summed E-state index contributed by atoms with van der Waals surface area (Å²) < 4.78 is 13.9. The molecule has 0 spiro atoms. The number of alkyl halides is 1. The lowest BCUT2D eigenvalue weighted by molar-refractivity contribution is 0.424. The minimum atomic E-state index is -1.52. The van der Waals surface area contributed by atoms with Gasteiger partial charge in [0.2, 0.25) is 0 Å². The topological polar surface area (TPSA) is 58.3 Å². The molecule has 1 fully saturated rings. The first kappa shape index (κ1) is 7.76. The third-order valence-electron chi connectivity index (χ3n) is 1.94. The van der Waals surface area contributed by atoms with Crippen molar-refractivity contribution >= 4 is 12.6 Å². The second-order valence-corrected chi connectivity index (χ2v) is 2.95. The first-order valence-corrected chi connectivity index (χ1v) is 3.73. The highest BCUT2D eigenvalue weighted by Gasteiger charge is 2.40. The summed E-state index contributed by atoms with van der Waals surface area (Å²) in [5, 5.41) is 21.2. The summed E-state index contributed by atoms with van der Waals surface area (Å²) in [6, 6.07) is -0.197. The van der Waals surface area contributed by atoms with Crippen LogP contribution >= 0.6 is 0 Å². The lowest BCUT2D eigenvalue weighted by Gasteiger charge is -1.94. The van der Waals surface area contributed by atoms with Gasteiger partial charge in [-0.3, -0.25) is 4.68 Å². The molecule has 0 radical (unpaired) electrons. The van der Waals surface area contributed by atoms with Gasteiger partial charge in [0.1, 0.15) is 6.17 Å². The van der Waals surface area contributed by atoms with Gasteiger partial charge in [0.25, 0.3) is 0 Å². The molecule has 1 heterocycles. The van der Waals surface area contributed by atoms with Gasteiger partial charge in [0, 0.05) is 24.3 Å². The van der Waals surface area contributed by atoms with Crippen molar-refractivity contribution < 1.29 is 14.4 Å². The molecule has 64 valence electrons. The summed E-state index contributed by atoms with van der Waals surface area (Å²) in [4.78, 5) is 0. The van der Waals surface area contributed by atoms with Gasteiger partial charge in [-0.2, -0.15) is 5.10 Å². The summed E-state index contributed by atoms with van der Waals surface area (Å²) in [5.41, 5.74) is 0.300. The van der Waals surface area contributed by atoms with Gasteiger partial charge >= 0.3 is 7.12 Å². The summed E-state index contributed by atoms with van der Waals surface area (Å²) in [7, 11) is -1.52. The Morgan fingerprint density at radius 3 is 2.75 bits per heavy atom. The quantitative estimate of drug-likeness (QED) is 0.550. The number of nitrogens with zero attached hydrogens (tertiary/aromatic N) is 2. The van der Waals surface area contributed by atoms with Crippen LogP contribution in [-0.2, 0) is 0 Å². The van der Waals surface area contributed by atoms with E-state index in [-0.39, 0.29) is 6.04 Å². The minimum Gasteiger partial charge on any atom is -0.423 e. The highest BCUT2D eigenvalue weighted by Crippen LogP contribution is 2.37. The zero-order valence-electron chi connectivity index (χ0n) is 6.26. The minimum absolute atomic E-state index is 0.197. The van der Waals surface area contributed by atoms with Gasteiger partial charge in [-0.25, -0.2) is 4.39 Å². The van der Waals surface area contributed by atoms with Crippen LogP contribution in [0.25, 0.3) is 0 Å². The molecule has 1 aliphatic carbocycles. The van der Waals surface area contributed by atoms with Gasteiger partial charge in [-0.15, -0.1) is 0 Å². The normalized spacial score (nSPS) is 27.2. The molecule has 2 rings (SSSR count). The van der Waals surface area contributed by atoms with E-state index in [4.69, 9.17) is 10.0 Å². The molecule has 1 aromatic rings. The molecule has 2 atom stereocenters. The van der Waals surface area contributed by atoms with Crippen molar-refractivity contribution in [2.45, 2.75) is 18.6 Å². The van der Waals surface area contributed by atoms with E-state index in [0.717, 1.165) is 0 Å². The molecule has 1 aromatic heterocycles. The van der Waals surface area contributed by atoms with E-state index >= 15 is 0 Å². The second kappa shape index (κ2) is 2.57. The molecule has 0 bridgehead atoms. The largest absolute Gasteiger partial charge is 0.491 e. The predicted molar refractivity (Wildman–Crippen MR) is 40.6 cm³/mol. The highest BCUT2D eigenvalue weighted by molar-refractivity contribution is 6.58. The molecule has 0 amide bonds. The molecule has 0 aliphatic heterocycles. The molecule has 1 aliphatic rings. The Morgan fingerprint density at radius 2 is 2.33 bits per heavy atom. The summed E-state index contributed by atoms with van der Waals surface area (Å²) >= 11 is 0. The highest BCUT2D eigenvalue weighted by atomic mass is 19.1. The van der Waals surface area contributed by atoms with Crippen LogP contribution in [0.2, 0.25) is 0 Å². The van der Waals surface area contributed by atoms with Crippen molar-refractivity contribution in [3.05, 3.63) is 12.4 Å². The fraction of sp³-hybridized carbons (Fsp3) is 0.500. The fourth-order valence-electron chi connectivity index (χ4n) is 1.09. The van der Waals surface area contributed by atoms with Crippen LogP contribution in [0.15, 0.2) is 12.4 Å². The van der Waals surface area contributed by atoms with E-state index in [0.29, 0.717) is 11.9 Å². The number of halogens is 1. The van der Waals surface area contributed by atoms with E-state index in [1.807, 2.05) is 0 Å². The predicted octanol–water partition coefficient (Wildman–Crippen LogP) is -1.15. The molecule has 2 N–H and O–H groups in total. The van der Waals surface area contributed by atoms with Crippen molar-refractivity contribution in [1.29, 1.82) is 0 Å². The lowest BCUT2D eigenvalue weighted by atomic mass is 9.83. The summed E-state index contributed by atoms with van der Waals surface area (Å²) in [6.07, 6.45) is 2.43. The number of aromatic nitrogens is 2. The Morgan fingerprint density at radius 1 is 1.67 bits per heavy atom. The van der Waals surface area contributed by atoms with Crippen molar-refractivity contribution in [3.63, 3.8) is 0 Å². The second-order valence-electron chi connectivity index (χ2n) is 2.95. The van der Waals surface area contributed by atoms with Crippen LogP contribution in [0.1, 0.15) is 12.5 Å². The zero-order valence-corrected chi connectivity index (χ0v) is 6.26. The van der Waals surface area contributed by atoms with Gasteiger partial charge in [-0.05, 0) is 0 Å². The maximum Gasteiger partial charge on any atom is 0.491 e. The molecular weight excluding hydrogens is 162 g/mol. The Bertz CT molecular complexity index is 291. The van der Waals surface area contributed by atoms with Crippen molar-refractivity contribution in [2.24, 2.45) is 0 Å². The molecule has 1 saturated carbocycles. The Kier molecular flexibility index (Phi) is 1.66. The fourth-order valence-corrected chi connectivity index (χ4v) is 1.09. The smallest absolute Gasteiger partial charge is 0.423 e. The van der Waals surface area contributed by atoms with Gasteiger partial charge < -0.3 is 10.0 Å². The average Bonchev–Trinajstić information content (AvgIpc) is 2.59. The van der Waals surface area contributed by atoms with E-state index in [2.05, 4.69) is 5.10 Å². The van der Waals surface area contributed by atoms with Crippen molar-refractivity contribution in [1.82, 2.24) is 9.78 Å². The standard InChI is InChI=1S/C6H8BFN2O2/c8-5-1-6(5)10-3-4(2-9-10)7(11)12/h2-3,5-6,11-12H,1H2/t5-,6+/m1/s1. The SMILES string of the molecule is OB(O)c1cnn([C@H]2C[C@H]2F)c1. The molecular formula is C6H8BFN2O2. The van der Waals surface area contributed by atoms with Crippen LogP contribution in [0.5, 0.6) is 0 Å². The Balaban J connectivity index is 2.14. The van der Waals surface area contributed by atoms with Crippen LogP contribution in [0, 0.1) is 0 Å². The number of hydrogen-bond donors (Lipinski definition) is 2. The molecule has 0 aromatic carbocycles. The number of hydrogen-bond acceptors (Lipinski definition) is 3. The van der Waals surface area contributed by atoms with Gasteiger partial charge in [0.15, 0.2) is 0 Å². The van der Waals surface area contributed by atoms with Crippen LogP contribution in [0.3, 0.4) is 0 Å². The van der Waals surface area contributed by atoms with Crippen molar-refractivity contribution in [2.75, 3.05) is 0 Å². The Hall–Kier alpha value is -0.875. The average molecular weight is 170 g/mol. The van der Waals surface area contributed by atoms with E-state index in [9.17, 15) is 4.39 Å². The first-order chi connectivity index (χ1) is 5.68. The lowest BCUT2D eigenvalue weighted by Crippen LogP contribution is -2.28. The van der Waals surface area contributed by atoms with E-state index in [1.54, 1.807) is 0 Å². The van der Waals surface area contributed by atoms with Gasteiger partial charge in [0.05, 0.1) is 6.04 Å². The first-order valence-electron chi connectivity index (χ1n) is 3.73. The third-order valence-corrected chi connectivity index (χ3v) is 1.94. The molecule has 6 heteroatoms. The van der Waals surface area contributed by atoms with E-state index < -0.39 is 13.3 Å². The van der Waals surface area contributed by atoms with Crippen LogP contribution < -0.4 is 5.46 Å². The molecule has 12 heavy (non-hydrogen) atoms. The van der Waals surface area contributed by atoms with Crippen molar-refractivity contribution in [3.8, 4) is 0 Å². The maximum atomic E-state index is 12.5. The van der Waals surface area contributed by atoms with E-state index in [1.165, 1.54) is 17.1 Å². The molecule has 0 saturated heterocycles. The monoisotopic (exact) mass is 170 g/mol. The molecule has 4 nitrogen and oxygen atoms in total. The zero-order chi connectivity index (χ0) is 8.72. The number of rotatable bonds is 2. The summed E-state index contributed by atoms with van der Waals surface area (Å²) in [6.45, 7) is 0. The summed E-state index contributed by atoms with van der Waals surface area (Å²) in [5.74, 6) is 0. The maximum absolute atomic E-state index is 12.5. The third kappa shape index (κ3) is 1.23. The van der Waals surface area contributed by atoms with Gasteiger partial charge in [-0.1, -0.05) is 0 Å².